The number of halogens is 2. The zero-order valence-electron chi connectivity index (χ0n) is 36.7. The Kier molecular flexibility index (Phi) is 16.5. The van der Waals surface area contributed by atoms with Gasteiger partial charge in [0.15, 0.2) is 0 Å². The number of rotatable bonds is 10. The number of nitrogens with zero attached hydrogens (tertiary/aromatic N) is 4. The smallest absolute Gasteiger partial charge is 0.407 e. The molecule has 0 bridgehead atoms. The molecule has 5 aromatic rings. The summed E-state index contributed by atoms with van der Waals surface area (Å²) < 4.78 is 9.55. The highest BCUT2D eigenvalue weighted by molar-refractivity contribution is 5.90. The van der Waals surface area contributed by atoms with E-state index in [2.05, 4.69) is 85.7 Å². The van der Waals surface area contributed by atoms with Gasteiger partial charge in [0.25, 0.3) is 0 Å². The van der Waals surface area contributed by atoms with Gasteiger partial charge in [-0.2, -0.15) is 0 Å². The molecule has 7 rings (SSSR count). The maximum absolute atomic E-state index is 13.7. The van der Waals surface area contributed by atoms with E-state index in [0.29, 0.717) is 30.4 Å². The van der Waals surface area contributed by atoms with Gasteiger partial charge in [0.2, 0.25) is 11.8 Å². The van der Waals surface area contributed by atoms with Crippen LogP contribution >= 0.6 is 24.8 Å². The van der Waals surface area contributed by atoms with E-state index in [9.17, 15) is 19.2 Å². The van der Waals surface area contributed by atoms with Gasteiger partial charge in [0, 0.05) is 24.2 Å². The fourth-order valence-electron chi connectivity index (χ4n) is 8.22. The van der Waals surface area contributed by atoms with Gasteiger partial charge in [-0.25, -0.2) is 19.6 Å². The Labute approximate surface area is 385 Å². The Morgan fingerprint density at radius 2 is 1.23 bits per heavy atom. The predicted octanol–water partition coefficient (Wildman–Crippen LogP) is 7.96. The Bertz CT molecular complexity index is 2600. The Morgan fingerprint density at radius 1 is 0.688 bits per heavy atom. The first-order valence-corrected chi connectivity index (χ1v) is 21.0. The van der Waals surface area contributed by atoms with Crippen LogP contribution in [0.2, 0.25) is 0 Å². The topological polar surface area (TPSA) is 175 Å². The molecule has 336 valence electrons. The normalized spacial score (nSPS) is 16.4. The minimum atomic E-state index is -0.723. The average molecular weight is 910 g/mol. The molecule has 2 fully saturated rings. The van der Waals surface area contributed by atoms with Crippen molar-refractivity contribution in [2.45, 2.75) is 77.5 Å². The Balaban J connectivity index is 0.00000385. The SMILES string of the molecule is COC(=O)N[C@H](C(=O)N1CCC[C@H]1c1ncc(C#CC#Cc2ccc(-c3cnc([C@@H]4CCCN4C(=O)[C@@H](NC(=O)OC)C(C)C)[nH]3)cc2-c2ccc3ccccc3c2)[nH]1)C(C)C.Cl.Cl. The monoisotopic (exact) mass is 908 g/mol. The lowest BCUT2D eigenvalue weighted by Gasteiger charge is -2.30. The number of nitrogens with one attached hydrogen (secondary N) is 4. The first-order valence-electron chi connectivity index (χ1n) is 21.0. The van der Waals surface area contributed by atoms with Crippen LogP contribution in [-0.4, -0.2) is 93.1 Å². The third-order valence-corrected chi connectivity index (χ3v) is 11.5. The number of ether oxygens (including phenoxy) is 2. The molecule has 2 aliphatic rings. The number of imidazole rings is 2. The molecule has 0 spiro atoms. The molecule has 2 saturated heterocycles. The number of carbonyl (C=O) groups is 4. The van der Waals surface area contributed by atoms with E-state index in [4.69, 9.17) is 14.5 Å². The number of alkyl carbamates (subject to hydrolysis) is 2. The summed E-state index contributed by atoms with van der Waals surface area (Å²) >= 11 is 0. The van der Waals surface area contributed by atoms with E-state index >= 15 is 0 Å². The van der Waals surface area contributed by atoms with Gasteiger partial charge in [-0.3, -0.25) is 9.59 Å². The van der Waals surface area contributed by atoms with Crippen molar-refractivity contribution in [3.8, 4) is 46.1 Å². The van der Waals surface area contributed by atoms with Crippen LogP contribution in [0.25, 0.3) is 33.2 Å². The van der Waals surface area contributed by atoms with Crippen molar-refractivity contribution in [2.24, 2.45) is 11.8 Å². The van der Waals surface area contributed by atoms with Crippen molar-refractivity contribution in [1.82, 2.24) is 40.4 Å². The minimum Gasteiger partial charge on any atom is -0.453 e. The van der Waals surface area contributed by atoms with E-state index in [-0.39, 0.29) is 60.5 Å². The maximum atomic E-state index is 13.7. The lowest BCUT2D eigenvalue weighted by molar-refractivity contribution is -0.136. The summed E-state index contributed by atoms with van der Waals surface area (Å²) in [5, 5.41) is 7.61. The summed E-state index contributed by atoms with van der Waals surface area (Å²) in [7, 11) is 2.56. The molecular formula is C48H54Cl2N8O6. The van der Waals surface area contributed by atoms with Crippen molar-refractivity contribution in [1.29, 1.82) is 0 Å². The number of benzene rings is 3. The lowest BCUT2D eigenvalue weighted by Crippen LogP contribution is -2.51. The molecule has 2 aromatic heterocycles. The molecule has 0 unspecified atom stereocenters. The molecule has 14 nitrogen and oxygen atoms in total. The summed E-state index contributed by atoms with van der Waals surface area (Å²) in [5.74, 6) is 13.1. The fourth-order valence-corrected chi connectivity index (χ4v) is 8.22. The lowest BCUT2D eigenvalue weighted by atomic mass is 9.95. The zero-order valence-corrected chi connectivity index (χ0v) is 38.3. The number of amides is 4. The highest BCUT2D eigenvalue weighted by Crippen LogP contribution is 2.35. The number of hydrogen-bond acceptors (Lipinski definition) is 8. The summed E-state index contributed by atoms with van der Waals surface area (Å²) in [5.41, 5.74) is 4.96. The number of aromatic nitrogens is 4. The number of carbonyl (C=O) groups excluding carboxylic acids is 4. The van der Waals surface area contributed by atoms with Crippen LogP contribution < -0.4 is 10.6 Å². The van der Waals surface area contributed by atoms with Crippen LogP contribution in [0.3, 0.4) is 0 Å². The Hall–Kier alpha value is -6.48. The van der Waals surface area contributed by atoms with Gasteiger partial charge < -0.3 is 39.9 Å². The summed E-state index contributed by atoms with van der Waals surface area (Å²) in [4.78, 5) is 71.0. The van der Waals surface area contributed by atoms with Crippen LogP contribution in [0.1, 0.15) is 88.4 Å². The minimum absolute atomic E-state index is 0. The van der Waals surface area contributed by atoms with Crippen LogP contribution in [0.5, 0.6) is 0 Å². The van der Waals surface area contributed by atoms with Gasteiger partial charge in [-0.1, -0.05) is 76.1 Å². The van der Waals surface area contributed by atoms with Crippen molar-refractivity contribution >= 4 is 59.6 Å². The first-order chi connectivity index (χ1) is 29.9. The highest BCUT2D eigenvalue weighted by Gasteiger charge is 2.39. The quantitative estimate of drug-likeness (QED) is 0.102. The molecule has 4 amide bonds. The van der Waals surface area contributed by atoms with E-state index in [1.807, 2.05) is 52.0 Å². The van der Waals surface area contributed by atoms with Crippen LogP contribution in [0.15, 0.2) is 73.1 Å². The molecule has 4 heterocycles. The van der Waals surface area contributed by atoms with Crippen molar-refractivity contribution in [2.75, 3.05) is 27.3 Å². The van der Waals surface area contributed by atoms with Crippen molar-refractivity contribution in [3.63, 3.8) is 0 Å². The van der Waals surface area contributed by atoms with Crippen LogP contribution in [0, 0.1) is 35.5 Å². The molecule has 4 N–H and O–H groups in total. The average Bonchev–Trinajstić information content (AvgIpc) is 4.13. The number of likely N-dealkylation sites (tertiary alicyclic amines) is 2. The van der Waals surface area contributed by atoms with E-state index in [1.165, 1.54) is 14.2 Å². The molecular weight excluding hydrogens is 855 g/mol. The molecule has 64 heavy (non-hydrogen) atoms. The van der Waals surface area contributed by atoms with Crippen LogP contribution in [0.4, 0.5) is 9.59 Å². The summed E-state index contributed by atoms with van der Waals surface area (Å²) in [6.07, 6.45) is 5.25. The van der Waals surface area contributed by atoms with E-state index in [1.54, 1.807) is 22.2 Å². The Morgan fingerprint density at radius 3 is 1.83 bits per heavy atom. The van der Waals surface area contributed by atoms with Crippen molar-refractivity contribution in [3.05, 3.63) is 96.0 Å². The molecule has 2 aliphatic heterocycles. The third-order valence-electron chi connectivity index (χ3n) is 11.5. The number of methoxy groups -OCH3 is 2. The predicted molar refractivity (Wildman–Crippen MR) is 250 cm³/mol. The molecule has 4 atom stereocenters. The zero-order chi connectivity index (χ0) is 43.9. The molecule has 3 aromatic carbocycles. The summed E-state index contributed by atoms with van der Waals surface area (Å²) in [6, 6.07) is 18.6. The van der Waals surface area contributed by atoms with Crippen molar-refractivity contribution < 1.29 is 28.7 Å². The molecule has 0 radical (unpaired) electrons. The second-order valence-electron chi connectivity index (χ2n) is 16.3. The number of hydrogen-bond donors (Lipinski definition) is 4. The molecule has 0 saturated carbocycles. The maximum Gasteiger partial charge on any atom is 0.407 e. The number of fused-ring (bicyclic) bond motifs is 1. The highest BCUT2D eigenvalue weighted by atomic mass is 35.5. The van der Waals surface area contributed by atoms with Gasteiger partial charge in [-0.15, -0.1) is 24.8 Å². The summed E-state index contributed by atoms with van der Waals surface area (Å²) in [6.45, 7) is 8.67. The van der Waals surface area contributed by atoms with Gasteiger partial charge in [0.1, 0.15) is 29.4 Å². The van der Waals surface area contributed by atoms with Gasteiger partial charge in [-0.05, 0) is 95.4 Å². The van der Waals surface area contributed by atoms with Gasteiger partial charge in [0.05, 0.1) is 44.4 Å². The standard InChI is InChI=1S/C48H52N8O6.2ClH/c1-29(2)41(53-47(59)61-5)45(57)55-23-11-17-39(55)43-49-27-36(51-43)16-10-9-14-32-20-22-35(26-37(32)34-21-19-31-13-7-8-15-33(31)25-34)38-28-50-44(52-38)40-18-12-24-56(40)46(58)42(30(3)4)54-48(60)62-6;;/h7-8,13,15,19-22,25-30,39-42H,11-12,17-18,23-24H2,1-6H3,(H,49,51)(H,50,52)(H,53,59)(H,54,60);2*1H/t39-,40-,41-,42-;;/m0../s1. The molecule has 0 aliphatic carbocycles. The van der Waals surface area contributed by atoms with Gasteiger partial charge >= 0.3 is 12.2 Å². The number of aromatic amines is 2. The third kappa shape index (κ3) is 10.8. The van der Waals surface area contributed by atoms with E-state index < -0.39 is 24.3 Å². The largest absolute Gasteiger partial charge is 0.453 e. The first kappa shape index (κ1) is 48.6. The number of H-pyrrole nitrogens is 2. The molecule has 16 heteroatoms. The second-order valence-corrected chi connectivity index (χ2v) is 16.3. The van der Waals surface area contributed by atoms with E-state index in [0.717, 1.165) is 64.4 Å². The fraction of sp³-hybridized carbons (Fsp3) is 0.375. The second kappa shape index (κ2) is 21.7. The van der Waals surface area contributed by atoms with Crippen LogP contribution in [-0.2, 0) is 19.1 Å².